The van der Waals surface area contributed by atoms with E-state index < -0.39 is 11.9 Å². The van der Waals surface area contributed by atoms with Crippen LogP contribution in [0.5, 0.6) is 0 Å². The van der Waals surface area contributed by atoms with E-state index in [0.29, 0.717) is 6.42 Å². The van der Waals surface area contributed by atoms with E-state index in [-0.39, 0.29) is 23.1 Å². The zero-order valence-electron chi connectivity index (χ0n) is 11.4. The number of halogens is 2. The smallest absolute Gasteiger partial charge is 0.310 e. The minimum Gasteiger partial charge on any atom is -0.469 e. The molecule has 0 aliphatic rings. The van der Waals surface area contributed by atoms with Crippen LogP contribution in [0, 0.1) is 11.7 Å². The molecule has 1 amide bonds. The van der Waals surface area contributed by atoms with Crippen LogP contribution in [0.1, 0.15) is 12.5 Å². The van der Waals surface area contributed by atoms with Crippen LogP contribution in [0.2, 0.25) is 0 Å². The van der Waals surface area contributed by atoms with Crippen molar-refractivity contribution >= 4 is 27.8 Å². The summed E-state index contributed by atoms with van der Waals surface area (Å²) in [6.07, 6.45) is 0.379. The maximum absolute atomic E-state index is 12.8. The van der Waals surface area contributed by atoms with E-state index in [1.165, 1.54) is 19.2 Å². The van der Waals surface area contributed by atoms with E-state index in [4.69, 9.17) is 4.74 Å². The van der Waals surface area contributed by atoms with Gasteiger partial charge in [0, 0.05) is 6.54 Å². The van der Waals surface area contributed by atoms with E-state index >= 15 is 0 Å². The topological polar surface area (TPSA) is 55.4 Å². The third-order valence-corrected chi connectivity index (χ3v) is 3.23. The fourth-order valence-corrected chi connectivity index (χ4v) is 1.84. The number of hydrogen-bond acceptors (Lipinski definition) is 3. The molecule has 0 unspecified atom stereocenters. The Kier molecular flexibility index (Phi) is 6.64. The van der Waals surface area contributed by atoms with Crippen molar-refractivity contribution in [3.8, 4) is 0 Å². The van der Waals surface area contributed by atoms with E-state index in [2.05, 4.69) is 21.2 Å². The molecule has 1 aromatic carbocycles. The van der Waals surface area contributed by atoms with Crippen LogP contribution in [-0.2, 0) is 20.7 Å². The van der Waals surface area contributed by atoms with Gasteiger partial charge in [-0.25, -0.2) is 4.39 Å². The summed E-state index contributed by atoms with van der Waals surface area (Å²) < 4.78 is 17.6. The van der Waals surface area contributed by atoms with Crippen LogP contribution in [0.3, 0.4) is 0 Å². The molecule has 1 rings (SSSR count). The molecule has 0 fully saturated rings. The van der Waals surface area contributed by atoms with Crippen LogP contribution in [0.15, 0.2) is 24.3 Å². The third kappa shape index (κ3) is 5.28. The molecule has 110 valence electrons. The molecule has 20 heavy (non-hydrogen) atoms. The first-order valence-electron chi connectivity index (χ1n) is 6.18. The quantitative estimate of drug-likeness (QED) is 0.634. The Hall–Kier alpha value is -1.43. The van der Waals surface area contributed by atoms with Crippen LogP contribution < -0.4 is 5.32 Å². The minimum atomic E-state index is -0.499. The molecule has 0 radical (unpaired) electrons. The Morgan fingerprint density at radius 2 is 1.95 bits per heavy atom. The lowest BCUT2D eigenvalue weighted by atomic mass is 9.99. The number of esters is 1. The molecule has 4 nitrogen and oxygen atoms in total. The van der Waals surface area contributed by atoms with Gasteiger partial charge in [-0.1, -0.05) is 28.1 Å². The zero-order chi connectivity index (χ0) is 15.1. The summed E-state index contributed by atoms with van der Waals surface area (Å²) in [6, 6.07) is 5.89. The molecule has 0 saturated heterocycles. The second kappa shape index (κ2) is 7.99. The maximum atomic E-state index is 12.8. The van der Waals surface area contributed by atoms with Gasteiger partial charge in [-0.15, -0.1) is 0 Å². The second-order valence-electron chi connectivity index (χ2n) is 4.41. The number of ether oxygens (including phenoxy) is 1. The van der Waals surface area contributed by atoms with Crippen molar-refractivity contribution in [3.05, 3.63) is 35.6 Å². The maximum Gasteiger partial charge on any atom is 0.310 e. The lowest BCUT2D eigenvalue weighted by Crippen LogP contribution is -2.37. The summed E-state index contributed by atoms with van der Waals surface area (Å²) in [7, 11) is 1.30. The molecule has 0 bridgehead atoms. The summed E-state index contributed by atoms with van der Waals surface area (Å²) in [4.78, 5) is 22.9. The molecule has 0 heterocycles. The number of nitrogens with one attached hydrogen (secondary N) is 1. The van der Waals surface area contributed by atoms with Gasteiger partial charge in [0.25, 0.3) is 0 Å². The Balaban J connectivity index is 2.67. The van der Waals surface area contributed by atoms with Crippen LogP contribution in [0.25, 0.3) is 0 Å². The van der Waals surface area contributed by atoms with Gasteiger partial charge in [-0.3, -0.25) is 9.59 Å². The third-order valence-electron chi connectivity index (χ3n) is 2.81. The standard InChI is InChI=1S/C14H17BrFNO3/c1-9(15)13(18)17-8-11(14(19)20-2)7-10-3-5-12(16)6-4-10/h3-6,9,11H,7-8H2,1-2H3,(H,17,18)/t9-,11-/m1/s1. The molecular weight excluding hydrogens is 329 g/mol. The molecule has 0 aliphatic heterocycles. The summed E-state index contributed by atoms with van der Waals surface area (Å²) in [5.74, 6) is -1.43. The first kappa shape index (κ1) is 16.6. The number of amides is 1. The van der Waals surface area contributed by atoms with Gasteiger partial charge in [-0.05, 0) is 31.0 Å². The highest BCUT2D eigenvalue weighted by atomic mass is 79.9. The summed E-state index contributed by atoms with van der Waals surface area (Å²) in [5, 5.41) is 2.67. The molecule has 0 aliphatic carbocycles. The molecule has 6 heteroatoms. The monoisotopic (exact) mass is 345 g/mol. The predicted octanol–water partition coefficient (Wildman–Crippen LogP) is 2.06. The van der Waals surface area contributed by atoms with Gasteiger partial charge in [0.2, 0.25) is 5.91 Å². The fraction of sp³-hybridized carbons (Fsp3) is 0.429. The fourth-order valence-electron chi connectivity index (χ4n) is 1.67. The number of methoxy groups -OCH3 is 1. The van der Waals surface area contributed by atoms with E-state index in [1.54, 1.807) is 19.1 Å². The number of benzene rings is 1. The van der Waals surface area contributed by atoms with E-state index in [1.807, 2.05) is 0 Å². The minimum absolute atomic E-state index is 0.179. The van der Waals surface area contributed by atoms with Crippen molar-refractivity contribution in [2.75, 3.05) is 13.7 Å². The van der Waals surface area contributed by atoms with Crippen molar-refractivity contribution in [2.45, 2.75) is 18.2 Å². The first-order valence-corrected chi connectivity index (χ1v) is 7.09. The summed E-state index contributed by atoms with van der Waals surface area (Å²) in [5.41, 5.74) is 0.808. The summed E-state index contributed by atoms with van der Waals surface area (Å²) in [6.45, 7) is 1.88. The SMILES string of the molecule is COC(=O)[C@@H](CNC(=O)[C@@H](C)Br)Cc1ccc(F)cc1. The molecule has 1 N–H and O–H groups in total. The van der Waals surface area contributed by atoms with Crippen LogP contribution in [0.4, 0.5) is 4.39 Å². The first-order chi connectivity index (χ1) is 9.43. The van der Waals surface area contributed by atoms with E-state index in [0.717, 1.165) is 5.56 Å². The average molecular weight is 346 g/mol. The molecule has 1 aromatic rings. The van der Waals surface area contributed by atoms with Crippen molar-refractivity contribution in [1.82, 2.24) is 5.32 Å². The van der Waals surface area contributed by atoms with Gasteiger partial charge >= 0.3 is 5.97 Å². The van der Waals surface area contributed by atoms with Gasteiger partial charge in [-0.2, -0.15) is 0 Å². The molecule has 0 saturated carbocycles. The van der Waals surface area contributed by atoms with Crippen molar-refractivity contribution in [2.24, 2.45) is 5.92 Å². The van der Waals surface area contributed by atoms with Gasteiger partial charge in [0.05, 0.1) is 17.9 Å². The lowest BCUT2D eigenvalue weighted by Gasteiger charge is -2.16. The van der Waals surface area contributed by atoms with Gasteiger partial charge < -0.3 is 10.1 Å². The molecule has 0 aromatic heterocycles. The Morgan fingerprint density at radius 1 is 1.35 bits per heavy atom. The van der Waals surface area contributed by atoms with Crippen molar-refractivity contribution in [1.29, 1.82) is 0 Å². The van der Waals surface area contributed by atoms with Gasteiger partial charge in [0.1, 0.15) is 5.82 Å². The number of hydrogen-bond donors (Lipinski definition) is 1. The Labute approximate surface area is 125 Å². The Bertz CT molecular complexity index is 462. The van der Waals surface area contributed by atoms with Crippen LogP contribution >= 0.6 is 15.9 Å². The number of alkyl halides is 1. The largest absolute Gasteiger partial charge is 0.469 e. The van der Waals surface area contributed by atoms with Crippen LogP contribution in [-0.4, -0.2) is 30.4 Å². The van der Waals surface area contributed by atoms with Gasteiger partial charge in [0.15, 0.2) is 0 Å². The number of carbonyl (C=O) groups excluding carboxylic acids is 2. The highest BCUT2D eigenvalue weighted by Gasteiger charge is 2.21. The predicted molar refractivity (Wildman–Crippen MR) is 77.0 cm³/mol. The van der Waals surface area contributed by atoms with Crippen molar-refractivity contribution < 1.29 is 18.7 Å². The molecule has 0 spiro atoms. The Morgan fingerprint density at radius 3 is 2.45 bits per heavy atom. The highest BCUT2D eigenvalue weighted by Crippen LogP contribution is 2.11. The number of rotatable bonds is 6. The second-order valence-corrected chi connectivity index (χ2v) is 5.79. The highest BCUT2D eigenvalue weighted by molar-refractivity contribution is 9.10. The van der Waals surface area contributed by atoms with Crippen molar-refractivity contribution in [3.63, 3.8) is 0 Å². The average Bonchev–Trinajstić information content (AvgIpc) is 2.44. The molecule has 2 atom stereocenters. The normalized spacial score (nSPS) is 13.4. The number of carbonyl (C=O) groups is 2. The molecular formula is C14H17BrFNO3. The lowest BCUT2D eigenvalue weighted by molar-refractivity contribution is -0.145. The zero-order valence-corrected chi connectivity index (χ0v) is 12.9. The van der Waals surface area contributed by atoms with E-state index in [9.17, 15) is 14.0 Å². The summed E-state index contributed by atoms with van der Waals surface area (Å²) >= 11 is 3.15.